The Balaban J connectivity index is 3.68. The van der Waals surface area contributed by atoms with Gasteiger partial charge in [0, 0.05) is 6.26 Å². The second-order valence-electron chi connectivity index (χ2n) is 2.72. The van der Waals surface area contributed by atoms with Crippen LogP contribution in [-0.4, -0.2) is 24.6 Å². The number of anilines is 1. The standard InChI is InChI=1S/C7H8N4O2S/c1-4-10-6(9)5(3-8)7(11-4)14(2,12)13/h1-2H3,(H2,9,10,11). The van der Waals surface area contributed by atoms with E-state index in [-0.39, 0.29) is 22.2 Å². The van der Waals surface area contributed by atoms with Crippen LogP contribution in [0.3, 0.4) is 0 Å². The van der Waals surface area contributed by atoms with Crippen LogP contribution in [0.5, 0.6) is 0 Å². The molecule has 0 aliphatic heterocycles. The number of nitrogens with zero attached hydrogens (tertiary/aromatic N) is 3. The molecule has 0 atom stereocenters. The molecule has 0 bridgehead atoms. The minimum absolute atomic E-state index is 0.111. The van der Waals surface area contributed by atoms with Gasteiger partial charge >= 0.3 is 0 Å². The average Bonchev–Trinajstić information content (AvgIpc) is 2.01. The molecule has 1 aromatic rings. The Morgan fingerprint density at radius 1 is 1.43 bits per heavy atom. The number of hydrogen-bond acceptors (Lipinski definition) is 6. The highest BCUT2D eigenvalue weighted by molar-refractivity contribution is 7.90. The van der Waals surface area contributed by atoms with Crippen LogP contribution in [0.25, 0.3) is 0 Å². The molecule has 0 spiro atoms. The van der Waals surface area contributed by atoms with E-state index in [4.69, 9.17) is 11.0 Å². The number of aryl methyl sites for hydroxylation is 1. The molecule has 0 aliphatic carbocycles. The Hall–Kier alpha value is -1.68. The summed E-state index contributed by atoms with van der Waals surface area (Å²) in [6.45, 7) is 1.51. The van der Waals surface area contributed by atoms with Crippen LogP contribution in [0.1, 0.15) is 11.4 Å². The molecule has 74 valence electrons. The predicted octanol–water partition coefficient (Wildman–Crippen LogP) is -0.358. The lowest BCUT2D eigenvalue weighted by atomic mass is 10.3. The summed E-state index contributed by atoms with van der Waals surface area (Å²) in [5.41, 5.74) is 5.20. The maximum Gasteiger partial charge on any atom is 0.194 e. The fourth-order valence-electron chi connectivity index (χ4n) is 0.941. The van der Waals surface area contributed by atoms with Gasteiger partial charge in [0.1, 0.15) is 23.3 Å². The lowest BCUT2D eigenvalue weighted by Crippen LogP contribution is -2.10. The summed E-state index contributed by atoms with van der Waals surface area (Å²) in [6.07, 6.45) is 0.967. The maximum absolute atomic E-state index is 11.2. The first kappa shape index (κ1) is 10.4. The van der Waals surface area contributed by atoms with Gasteiger partial charge in [0.15, 0.2) is 14.9 Å². The van der Waals surface area contributed by atoms with E-state index in [0.717, 1.165) is 6.26 Å². The van der Waals surface area contributed by atoms with Crippen molar-refractivity contribution >= 4 is 15.7 Å². The second-order valence-corrected chi connectivity index (χ2v) is 4.65. The smallest absolute Gasteiger partial charge is 0.194 e. The van der Waals surface area contributed by atoms with Crippen LogP contribution in [0.15, 0.2) is 5.03 Å². The third-order valence-electron chi connectivity index (χ3n) is 1.48. The van der Waals surface area contributed by atoms with E-state index in [1.54, 1.807) is 6.07 Å². The number of nitriles is 1. The maximum atomic E-state index is 11.2. The molecular formula is C7H8N4O2S. The monoisotopic (exact) mass is 212 g/mol. The van der Waals surface area contributed by atoms with Crippen molar-refractivity contribution < 1.29 is 8.42 Å². The molecule has 1 rings (SSSR count). The van der Waals surface area contributed by atoms with E-state index >= 15 is 0 Å². The van der Waals surface area contributed by atoms with Crippen molar-refractivity contribution in [3.05, 3.63) is 11.4 Å². The highest BCUT2D eigenvalue weighted by Gasteiger charge is 2.19. The molecule has 0 aromatic carbocycles. The van der Waals surface area contributed by atoms with E-state index in [1.165, 1.54) is 6.92 Å². The van der Waals surface area contributed by atoms with E-state index in [2.05, 4.69) is 9.97 Å². The minimum Gasteiger partial charge on any atom is -0.382 e. The highest BCUT2D eigenvalue weighted by atomic mass is 32.2. The molecule has 2 N–H and O–H groups in total. The average molecular weight is 212 g/mol. The number of nitrogens with two attached hydrogens (primary N) is 1. The third kappa shape index (κ3) is 1.80. The van der Waals surface area contributed by atoms with Gasteiger partial charge < -0.3 is 5.73 Å². The van der Waals surface area contributed by atoms with Gasteiger partial charge in [-0.3, -0.25) is 0 Å². The fourth-order valence-corrected chi connectivity index (χ4v) is 1.76. The van der Waals surface area contributed by atoms with Crippen LogP contribution in [0.2, 0.25) is 0 Å². The zero-order valence-corrected chi connectivity index (χ0v) is 8.46. The first-order chi connectivity index (χ1) is 6.36. The molecule has 0 fully saturated rings. The molecule has 0 radical (unpaired) electrons. The van der Waals surface area contributed by atoms with Crippen LogP contribution in [-0.2, 0) is 9.84 Å². The summed E-state index contributed by atoms with van der Waals surface area (Å²) in [5.74, 6) is 0.113. The Morgan fingerprint density at radius 3 is 2.43 bits per heavy atom. The Morgan fingerprint density at radius 2 is 2.00 bits per heavy atom. The Bertz CT molecular complexity index is 515. The van der Waals surface area contributed by atoms with Crippen LogP contribution in [0, 0.1) is 18.3 Å². The summed E-state index contributed by atoms with van der Waals surface area (Å²) < 4.78 is 22.4. The molecule has 6 nitrogen and oxygen atoms in total. The first-order valence-corrected chi connectivity index (χ1v) is 5.49. The van der Waals surface area contributed by atoms with Gasteiger partial charge in [-0.15, -0.1) is 0 Å². The number of nitrogen functional groups attached to an aromatic ring is 1. The van der Waals surface area contributed by atoms with Crippen molar-refractivity contribution in [1.29, 1.82) is 5.26 Å². The molecule has 1 heterocycles. The summed E-state index contributed by atoms with van der Waals surface area (Å²) in [7, 11) is -3.54. The van der Waals surface area contributed by atoms with Gasteiger partial charge in [0.2, 0.25) is 0 Å². The van der Waals surface area contributed by atoms with Crippen molar-refractivity contribution in [3.63, 3.8) is 0 Å². The van der Waals surface area contributed by atoms with Crippen molar-refractivity contribution in [3.8, 4) is 6.07 Å². The summed E-state index contributed by atoms with van der Waals surface area (Å²) in [5, 5.41) is 8.36. The molecule has 0 aliphatic rings. The highest BCUT2D eigenvalue weighted by Crippen LogP contribution is 2.16. The lowest BCUT2D eigenvalue weighted by molar-refractivity contribution is 0.597. The zero-order valence-electron chi connectivity index (χ0n) is 7.64. The number of rotatable bonds is 1. The quantitative estimate of drug-likeness (QED) is 0.636. The Kier molecular flexibility index (Phi) is 2.40. The van der Waals surface area contributed by atoms with Crippen molar-refractivity contribution in [2.75, 3.05) is 12.0 Å². The minimum atomic E-state index is -3.54. The van der Waals surface area contributed by atoms with Gasteiger partial charge in [0.05, 0.1) is 0 Å². The molecule has 1 aromatic heterocycles. The summed E-state index contributed by atoms with van der Waals surface area (Å²) >= 11 is 0. The second kappa shape index (κ2) is 3.23. The molecule has 0 amide bonds. The molecular weight excluding hydrogens is 204 g/mol. The van der Waals surface area contributed by atoms with Gasteiger partial charge in [-0.1, -0.05) is 0 Å². The fraction of sp³-hybridized carbons (Fsp3) is 0.286. The summed E-state index contributed by atoms with van der Waals surface area (Å²) in [6, 6.07) is 1.67. The number of hydrogen-bond donors (Lipinski definition) is 1. The predicted molar refractivity (Wildman–Crippen MR) is 49.0 cm³/mol. The van der Waals surface area contributed by atoms with Gasteiger partial charge in [-0.25, -0.2) is 18.4 Å². The van der Waals surface area contributed by atoms with Crippen molar-refractivity contribution in [2.24, 2.45) is 0 Å². The Labute approximate surface area is 81.3 Å². The third-order valence-corrected chi connectivity index (χ3v) is 2.48. The molecule has 0 saturated heterocycles. The van der Waals surface area contributed by atoms with Crippen molar-refractivity contribution in [2.45, 2.75) is 11.9 Å². The number of sulfone groups is 1. The molecule has 14 heavy (non-hydrogen) atoms. The number of aromatic nitrogens is 2. The van der Waals surface area contributed by atoms with Crippen molar-refractivity contribution in [1.82, 2.24) is 9.97 Å². The van der Waals surface area contributed by atoms with Gasteiger partial charge in [-0.2, -0.15) is 5.26 Å². The first-order valence-electron chi connectivity index (χ1n) is 3.60. The zero-order chi connectivity index (χ0) is 10.9. The molecule has 7 heteroatoms. The van der Waals surface area contributed by atoms with Crippen LogP contribution >= 0.6 is 0 Å². The normalized spacial score (nSPS) is 10.9. The largest absolute Gasteiger partial charge is 0.382 e. The van der Waals surface area contributed by atoms with Gasteiger partial charge in [-0.05, 0) is 6.92 Å². The lowest BCUT2D eigenvalue weighted by Gasteiger charge is -2.03. The molecule has 0 unspecified atom stereocenters. The van der Waals surface area contributed by atoms with E-state index < -0.39 is 9.84 Å². The van der Waals surface area contributed by atoms with E-state index in [0.29, 0.717) is 0 Å². The topological polar surface area (TPSA) is 110 Å². The molecule has 0 saturated carbocycles. The van der Waals surface area contributed by atoms with E-state index in [9.17, 15) is 8.42 Å². The van der Waals surface area contributed by atoms with Gasteiger partial charge in [0.25, 0.3) is 0 Å². The van der Waals surface area contributed by atoms with E-state index in [1.807, 2.05) is 0 Å². The van der Waals surface area contributed by atoms with Crippen LogP contribution < -0.4 is 5.73 Å². The van der Waals surface area contributed by atoms with Crippen LogP contribution in [0.4, 0.5) is 5.82 Å². The SMILES string of the molecule is Cc1nc(N)c(C#N)c(S(C)(=O)=O)n1. The summed E-state index contributed by atoms with van der Waals surface area (Å²) in [4.78, 5) is 7.37.